The third-order valence-corrected chi connectivity index (χ3v) is 3.76. The zero-order valence-corrected chi connectivity index (χ0v) is 12.3. The summed E-state index contributed by atoms with van der Waals surface area (Å²) >= 11 is 0. The molecule has 0 aromatic rings. The number of nitrogens with one attached hydrogen (secondary N) is 1. The SMILES string of the molecule is CC(C)N(CCNC(=O)C1(C(N)=NO)CC1)C(C)C. The maximum atomic E-state index is 12.0. The van der Waals surface area contributed by atoms with Gasteiger partial charge in [0.2, 0.25) is 5.91 Å². The number of oxime groups is 1. The number of carbonyl (C=O) groups excluding carboxylic acids is 1. The van der Waals surface area contributed by atoms with E-state index in [0.717, 1.165) is 6.54 Å². The van der Waals surface area contributed by atoms with Crippen LogP contribution in [0.4, 0.5) is 0 Å². The molecule has 0 radical (unpaired) electrons. The van der Waals surface area contributed by atoms with Crippen LogP contribution in [0, 0.1) is 5.41 Å². The summed E-state index contributed by atoms with van der Waals surface area (Å²) in [6.07, 6.45) is 1.32. The van der Waals surface area contributed by atoms with Crippen molar-refractivity contribution in [2.24, 2.45) is 16.3 Å². The molecule has 0 heterocycles. The van der Waals surface area contributed by atoms with Crippen molar-refractivity contribution in [1.29, 1.82) is 0 Å². The van der Waals surface area contributed by atoms with Crippen molar-refractivity contribution in [1.82, 2.24) is 10.2 Å². The van der Waals surface area contributed by atoms with Crippen LogP contribution in [0.5, 0.6) is 0 Å². The highest BCUT2D eigenvalue weighted by atomic mass is 16.4. The number of amides is 1. The lowest BCUT2D eigenvalue weighted by molar-refractivity contribution is -0.124. The predicted molar refractivity (Wildman–Crippen MR) is 75.1 cm³/mol. The van der Waals surface area contributed by atoms with E-state index in [1.807, 2.05) is 0 Å². The molecule has 0 aromatic carbocycles. The van der Waals surface area contributed by atoms with E-state index < -0.39 is 5.41 Å². The smallest absolute Gasteiger partial charge is 0.234 e. The van der Waals surface area contributed by atoms with E-state index >= 15 is 0 Å². The molecule has 19 heavy (non-hydrogen) atoms. The molecule has 0 bridgehead atoms. The van der Waals surface area contributed by atoms with Gasteiger partial charge in [0.1, 0.15) is 5.41 Å². The van der Waals surface area contributed by atoms with Gasteiger partial charge in [-0.25, -0.2) is 0 Å². The quantitative estimate of drug-likeness (QED) is 0.275. The van der Waals surface area contributed by atoms with Gasteiger partial charge in [-0.2, -0.15) is 0 Å². The number of hydrogen-bond acceptors (Lipinski definition) is 4. The lowest BCUT2D eigenvalue weighted by Crippen LogP contribution is -2.46. The Morgan fingerprint density at radius 2 is 1.89 bits per heavy atom. The zero-order chi connectivity index (χ0) is 14.6. The summed E-state index contributed by atoms with van der Waals surface area (Å²) in [5, 5.41) is 14.5. The van der Waals surface area contributed by atoms with Crippen LogP contribution in [0.1, 0.15) is 40.5 Å². The maximum Gasteiger partial charge on any atom is 0.234 e. The molecule has 6 heteroatoms. The topological polar surface area (TPSA) is 91.0 Å². The second kappa shape index (κ2) is 6.23. The van der Waals surface area contributed by atoms with Crippen molar-refractivity contribution in [3.63, 3.8) is 0 Å². The normalized spacial score (nSPS) is 18.2. The minimum absolute atomic E-state index is 0.0228. The van der Waals surface area contributed by atoms with Gasteiger partial charge in [0.05, 0.1) is 0 Å². The second-order valence-corrected chi connectivity index (χ2v) is 5.75. The molecule has 4 N–H and O–H groups in total. The summed E-state index contributed by atoms with van der Waals surface area (Å²) < 4.78 is 0. The Balaban J connectivity index is 2.44. The van der Waals surface area contributed by atoms with E-state index in [9.17, 15) is 4.79 Å². The zero-order valence-electron chi connectivity index (χ0n) is 12.3. The van der Waals surface area contributed by atoms with Gasteiger partial charge in [0.25, 0.3) is 0 Å². The first kappa shape index (κ1) is 15.8. The molecule has 0 spiro atoms. The molecular formula is C13H26N4O2. The molecular weight excluding hydrogens is 244 g/mol. The van der Waals surface area contributed by atoms with Crippen molar-refractivity contribution in [2.45, 2.75) is 52.6 Å². The van der Waals surface area contributed by atoms with Crippen LogP contribution in [0.2, 0.25) is 0 Å². The molecule has 1 fully saturated rings. The number of rotatable bonds is 7. The van der Waals surface area contributed by atoms with Crippen LogP contribution in [-0.2, 0) is 4.79 Å². The van der Waals surface area contributed by atoms with Gasteiger partial charge < -0.3 is 16.3 Å². The summed E-state index contributed by atoms with van der Waals surface area (Å²) in [7, 11) is 0. The molecule has 110 valence electrons. The fourth-order valence-corrected chi connectivity index (χ4v) is 2.40. The van der Waals surface area contributed by atoms with Crippen LogP contribution in [-0.4, -0.2) is 47.0 Å². The summed E-state index contributed by atoms with van der Waals surface area (Å²) in [6.45, 7) is 9.94. The molecule has 1 aliphatic rings. The van der Waals surface area contributed by atoms with Crippen molar-refractivity contribution in [3.05, 3.63) is 0 Å². The number of amidine groups is 1. The van der Waals surface area contributed by atoms with Gasteiger partial charge >= 0.3 is 0 Å². The van der Waals surface area contributed by atoms with Gasteiger partial charge in [-0.05, 0) is 40.5 Å². The summed E-state index contributed by atoms with van der Waals surface area (Å²) in [6, 6.07) is 0.881. The molecule has 0 aliphatic heterocycles. The number of hydrogen-bond donors (Lipinski definition) is 3. The van der Waals surface area contributed by atoms with E-state index in [2.05, 4.69) is 43.1 Å². The fraction of sp³-hybridized carbons (Fsp3) is 0.846. The Bertz CT molecular complexity index is 341. The van der Waals surface area contributed by atoms with E-state index in [-0.39, 0.29) is 11.7 Å². The van der Waals surface area contributed by atoms with E-state index in [1.54, 1.807) is 0 Å². The fourth-order valence-electron chi connectivity index (χ4n) is 2.40. The first-order valence-corrected chi connectivity index (χ1v) is 6.87. The summed E-state index contributed by atoms with van der Waals surface area (Å²) in [5.74, 6) is -0.107. The molecule has 6 nitrogen and oxygen atoms in total. The minimum atomic E-state index is -0.755. The van der Waals surface area contributed by atoms with Crippen LogP contribution in [0.25, 0.3) is 0 Å². The highest BCUT2D eigenvalue weighted by Crippen LogP contribution is 2.45. The number of nitrogens with two attached hydrogens (primary N) is 1. The minimum Gasteiger partial charge on any atom is -0.409 e. The van der Waals surface area contributed by atoms with Crippen LogP contribution in [0.3, 0.4) is 0 Å². The lowest BCUT2D eigenvalue weighted by atomic mass is 10.1. The average Bonchev–Trinajstić information content (AvgIpc) is 3.13. The van der Waals surface area contributed by atoms with Gasteiger partial charge in [-0.1, -0.05) is 5.16 Å². The highest BCUT2D eigenvalue weighted by Gasteiger charge is 2.54. The molecule has 0 atom stereocenters. The van der Waals surface area contributed by atoms with Crippen molar-refractivity contribution in [3.8, 4) is 0 Å². The Labute approximate surface area is 115 Å². The molecule has 1 aliphatic carbocycles. The molecule has 0 aromatic heterocycles. The molecule has 0 unspecified atom stereocenters. The largest absolute Gasteiger partial charge is 0.409 e. The Kier molecular flexibility index (Phi) is 5.17. The van der Waals surface area contributed by atoms with Crippen molar-refractivity contribution in [2.75, 3.05) is 13.1 Å². The maximum absolute atomic E-state index is 12.0. The van der Waals surface area contributed by atoms with E-state index in [4.69, 9.17) is 10.9 Å². The lowest BCUT2D eigenvalue weighted by Gasteiger charge is -2.30. The van der Waals surface area contributed by atoms with Gasteiger partial charge in [-0.3, -0.25) is 9.69 Å². The van der Waals surface area contributed by atoms with Crippen molar-refractivity contribution >= 4 is 11.7 Å². The molecule has 0 saturated heterocycles. The predicted octanol–water partition coefficient (Wildman–Crippen LogP) is 0.748. The third kappa shape index (κ3) is 3.59. The standard InChI is InChI=1S/C13H26N4O2/c1-9(2)17(10(3)4)8-7-15-12(18)13(5-6-13)11(14)16-19/h9-10,19H,5-8H2,1-4H3,(H2,14,16)(H,15,18). The van der Waals surface area contributed by atoms with Crippen LogP contribution >= 0.6 is 0 Å². The van der Waals surface area contributed by atoms with Gasteiger partial charge in [-0.15, -0.1) is 0 Å². The van der Waals surface area contributed by atoms with E-state index in [0.29, 0.717) is 31.5 Å². The summed E-state index contributed by atoms with van der Waals surface area (Å²) in [4.78, 5) is 14.4. The first-order chi connectivity index (χ1) is 8.85. The van der Waals surface area contributed by atoms with E-state index in [1.165, 1.54) is 0 Å². The second-order valence-electron chi connectivity index (χ2n) is 5.75. The third-order valence-electron chi connectivity index (χ3n) is 3.76. The number of nitrogens with zero attached hydrogens (tertiary/aromatic N) is 2. The van der Waals surface area contributed by atoms with Gasteiger partial charge in [0, 0.05) is 25.2 Å². The Morgan fingerprint density at radius 1 is 1.37 bits per heavy atom. The monoisotopic (exact) mass is 270 g/mol. The van der Waals surface area contributed by atoms with Gasteiger partial charge in [0.15, 0.2) is 5.84 Å². The Hall–Kier alpha value is -1.30. The molecule has 1 amide bonds. The number of carbonyl (C=O) groups is 1. The molecule has 1 rings (SSSR count). The Morgan fingerprint density at radius 3 is 2.26 bits per heavy atom. The molecule has 1 saturated carbocycles. The highest BCUT2D eigenvalue weighted by molar-refractivity contribution is 6.09. The first-order valence-electron chi connectivity index (χ1n) is 6.87. The van der Waals surface area contributed by atoms with Crippen LogP contribution < -0.4 is 11.1 Å². The van der Waals surface area contributed by atoms with Crippen molar-refractivity contribution < 1.29 is 10.0 Å². The average molecular weight is 270 g/mol. The van der Waals surface area contributed by atoms with Crippen LogP contribution in [0.15, 0.2) is 5.16 Å². The summed E-state index contributed by atoms with van der Waals surface area (Å²) in [5.41, 5.74) is 4.82.